The first-order valence-corrected chi connectivity index (χ1v) is 6.37. The van der Waals surface area contributed by atoms with Gasteiger partial charge in [-0.2, -0.15) is 0 Å². The minimum absolute atomic E-state index is 0.0183. The molecule has 0 aliphatic heterocycles. The first kappa shape index (κ1) is 11.9. The third-order valence-electron chi connectivity index (χ3n) is 2.26. The number of aromatic nitrogens is 1. The molecule has 1 unspecified atom stereocenters. The zero-order chi connectivity index (χ0) is 11.5. The van der Waals surface area contributed by atoms with Crippen molar-refractivity contribution in [2.75, 3.05) is 7.05 Å². The summed E-state index contributed by atoms with van der Waals surface area (Å²) in [4.78, 5) is 4.29. The van der Waals surface area contributed by atoms with Crippen molar-refractivity contribution in [2.24, 2.45) is 0 Å². The molecule has 0 spiro atoms. The van der Waals surface area contributed by atoms with E-state index in [-0.39, 0.29) is 6.04 Å². The van der Waals surface area contributed by atoms with Gasteiger partial charge in [-0.1, -0.05) is 29.3 Å². The molecule has 0 aliphatic carbocycles. The molecule has 1 atom stereocenters. The summed E-state index contributed by atoms with van der Waals surface area (Å²) in [5.41, 5.74) is 0.989. The first-order valence-electron chi connectivity index (χ1n) is 4.74. The highest BCUT2D eigenvalue weighted by Gasteiger charge is 2.17. The fourth-order valence-electron chi connectivity index (χ4n) is 1.52. The monoisotopic (exact) mass is 272 g/mol. The second-order valence-corrected chi connectivity index (χ2v) is 5.03. The fraction of sp³-hybridized carbons (Fsp3) is 0.182. The van der Waals surface area contributed by atoms with E-state index in [0.717, 1.165) is 10.6 Å². The van der Waals surface area contributed by atoms with Gasteiger partial charge in [0.05, 0.1) is 6.04 Å². The molecule has 0 aliphatic rings. The molecule has 0 bridgehead atoms. The van der Waals surface area contributed by atoms with Crippen LogP contribution in [0.15, 0.2) is 29.8 Å². The van der Waals surface area contributed by atoms with E-state index < -0.39 is 0 Å². The van der Waals surface area contributed by atoms with Gasteiger partial charge in [-0.3, -0.25) is 0 Å². The topological polar surface area (TPSA) is 24.9 Å². The molecule has 2 nitrogen and oxygen atoms in total. The van der Waals surface area contributed by atoms with Crippen LogP contribution < -0.4 is 5.32 Å². The van der Waals surface area contributed by atoms with E-state index in [4.69, 9.17) is 23.2 Å². The molecule has 16 heavy (non-hydrogen) atoms. The van der Waals surface area contributed by atoms with Gasteiger partial charge in [-0.25, -0.2) is 4.98 Å². The molecule has 0 saturated carbocycles. The van der Waals surface area contributed by atoms with E-state index in [9.17, 15) is 0 Å². The Morgan fingerprint density at radius 3 is 2.75 bits per heavy atom. The maximum absolute atomic E-state index is 6.17. The van der Waals surface area contributed by atoms with E-state index in [2.05, 4.69) is 10.3 Å². The Kier molecular flexibility index (Phi) is 3.82. The Bertz CT molecular complexity index is 471. The lowest BCUT2D eigenvalue weighted by atomic mass is 10.1. The first-order chi connectivity index (χ1) is 7.72. The summed E-state index contributed by atoms with van der Waals surface area (Å²) < 4.78 is 0. The zero-order valence-electron chi connectivity index (χ0n) is 8.58. The largest absolute Gasteiger partial charge is 0.307 e. The molecule has 2 aromatic rings. The van der Waals surface area contributed by atoms with Crippen LogP contribution in [0.2, 0.25) is 10.0 Å². The van der Waals surface area contributed by atoms with Gasteiger partial charge in [-0.15, -0.1) is 11.3 Å². The second kappa shape index (κ2) is 5.15. The van der Waals surface area contributed by atoms with Crippen LogP contribution in [0.5, 0.6) is 0 Å². The summed E-state index contributed by atoms with van der Waals surface area (Å²) >= 11 is 13.6. The van der Waals surface area contributed by atoms with Gasteiger partial charge in [0.1, 0.15) is 5.01 Å². The maximum atomic E-state index is 6.17. The number of nitrogens with one attached hydrogen (secondary N) is 1. The van der Waals surface area contributed by atoms with Crippen LogP contribution in [-0.2, 0) is 0 Å². The van der Waals surface area contributed by atoms with E-state index in [0.29, 0.717) is 10.0 Å². The number of hydrogen-bond acceptors (Lipinski definition) is 3. The van der Waals surface area contributed by atoms with Crippen molar-refractivity contribution in [3.05, 3.63) is 50.4 Å². The minimum atomic E-state index is 0.0183. The lowest BCUT2D eigenvalue weighted by Gasteiger charge is -2.15. The Labute approximate surface area is 108 Å². The van der Waals surface area contributed by atoms with Crippen molar-refractivity contribution < 1.29 is 0 Å². The molecule has 1 aromatic carbocycles. The third kappa shape index (κ3) is 2.38. The number of rotatable bonds is 3. The van der Waals surface area contributed by atoms with Crippen LogP contribution in [0, 0.1) is 0 Å². The summed E-state index contributed by atoms with van der Waals surface area (Å²) in [5, 5.41) is 7.44. The molecule has 0 radical (unpaired) electrons. The van der Waals surface area contributed by atoms with E-state index in [1.807, 2.05) is 24.6 Å². The molecule has 0 saturated heterocycles. The summed E-state index contributed by atoms with van der Waals surface area (Å²) in [6.07, 6.45) is 1.79. The van der Waals surface area contributed by atoms with Gasteiger partial charge in [0.2, 0.25) is 0 Å². The highest BCUT2D eigenvalue weighted by atomic mass is 35.5. The zero-order valence-corrected chi connectivity index (χ0v) is 10.9. The summed E-state index contributed by atoms with van der Waals surface area (Å²) in [5.74, 6) is 0. The van der Waals surface area contributed by atoms with Gasteiger partial charge >= 0.3 is 0 Å². The van der Waals surface area contributed by atoms with Crippen LogP contribution in [0.1, 0.15) is 16.6 Å². The number of thiazole rings is 1. The minimum Gasteiger partial charge on any atom is -0.307 e. The molecular formula is C11H10Cl2N2S. The summed E-state index contributed by atoms with van der Waals surface area (Å²) in [6.45, 7) is 0. The fourth-order valence-corrected chi connectivity index (χ4v) is 2.81. The highest BCUT2D eigenvalue weighted by molar-refractivity contribution is 7.09. The van der Waals surface area contributed by atoms with Crippen LogP contribution in [-0.4, -0.2) is 12.0 Å². The molecule has 0 fully saturated rings. The predicted octanol–water partition coefficient (Wildman–Crippen LogP) is 3.76. The molecule has 1 aromatic heterocycles. The maximum Gasteiger partial charge on any atom is 0.114 e. The Hall–Kier alpha value is -0.610. The smallest absolute Gasteiger partial charge is 0.114 e. The van der Waals surface area contributed by atoms with Crippen molar-refractivity contribution in [1.29, 1.82) is 0 Å². The summed E-state index contributed by atoms with van der Waals surface area (Å²) in [6, 6.07) is 5.52. The van der Waals surface area contributed by atoms with E-state index >= 15 is 0 Å². The molecule has 0 amide bonds. The average Bonchev–Trinajstić information content (AvgIpc) is 2.75. The Balaban J connectivity index is 2.41. The van der Waals surface area contributed by atoms with Gasteiger partial charge in [0.25, 0.3) is 0 Å². The van der Waals surface area contributed by atoms with Crippen molar-refractivity contribution in [1.82, 2.24) is 10.3 Å². The normalized spacial score (nSPS) is 12.7. The number of halogens is 2. The summed E-state index contributed by atoms with van der Waals surface area (Å²) in [7, 11) is 1.89. The number of nitrogens with zero attached hydrogens (tertiary/aromatic N) is 1. The Morgan fingerprint density at radius 1 is 1.38 bits per heavy atom. The standard InChI is InChI=1S/C11H10Cl2N2S/c1-14-10(11-15-4-5-16-11)8-3-2-7(12)6-9(8)13/h2-6,10,14H,1H3. The highest BCUT2D eigenvalue weighted by Crippen LogP contribution is 2.30. The van der Waals surface area contributed by atoms with Crippen LogP contribution in [0.3, 0.4) is 0 Å². The average molecular weight is 273 g/mol. The van der Waals surface area contributed by atoms with Crippen LogP contribution in [0.25, 0.3) is 0 Å². The molecule has 1 N–H and O–H groups in total. The molecule has 2 rings (SSSR count). The van der Waals surface area contributed by atoms with Crippen molar-refractivity contribution in [3.8, 4) is 0 Å². The van der Waals surface area contributed by atoms with E-state index in [1.165, 1.54) is 0 Å². The number of hydrogen-bond donors (Lipinski definition) is 1. The quantitative estimate of drug-likeness (QED) is 0.921. The van der Waals surface area contributed by atoms with Crippen LogP contribution in [0.4, 0.5) is 0 Å². The molecule has 5 heteroatoms. The predicted molar refractivity (Wildman–Crippen MR) is 69.5 cm³/mol. The lowest BCUT2D eigenvalue weighted by molar-refractivity contribution is 0.687. The second-order valence-electron chi connectivity index (χ2n) is 3.26. The van der Waals surface area contributed by atoms with Gasteiger partial charge < -0.3 is 5.32 Å². The van der Waals surface area contributed by atoms with Gasteiger partial charge in [0, 0.05) is 21.6 Å². The van der Waals surface area contributed by atoms with Gasteiger partial charge in [-0.05, 0) is 24.7 Å². The third-order valence-corrected chi connectivity index (χ3v) is 3.66. The molecule has 1 heterocycles. The van der Waals surface area contributed by atoms with Gasteiger partial charge in [0.15, 0.2) is 0 Å². The Morgan fingerprint density at radius 2 is 2.19 bits per heavy atom. The van der Waals surface area contributed by atoms with Crippen LogP contribution >= 0.6 is 34.5 Å². The van der Waals surface area contributed by atoms with Crippen molar-refractivity contribution in [2.45, 2.75) is 6.04 Å². The number of benzene rings is 1. The van der Waals surface area contributed by atoms with Crippen molar-refractivity contribution >= 4 is 34.5 Å². The molecule has 84 valence electrons. The lowest BCUT2D eigenvalue weighted by Crippen LogP contribution is -2.17. The molecular weight excluding hydrogens is 263 g/mol. The SMILES string of the molecule is CNC(c1nccs1)c1ccc(Cl)cc1Cl. The van der Waals surface area contributed by atoms with Crippen molar-refractivity contribution in [3.63, 3.8) is 0 Å². The van der Waals surface area contributed by atoms with E-state index in [1.54, 1.807) is 23.6 Å².